The number of benzene rings is 1. The van der Waals surface area contributed by atoms with Crippen LogP contribution in [-0.4, -0.2) is 12.1 Å². The van der Waals surface area contributed by atoms with Gasteiger partial charge in [0, 0.05) is 11.9 Å². The fourth-order valence-corrected chi connectivity index (χ4v) is 3.26. The first-order valence-corrected chi connectivity index (χ1v) is 7.23. The number of aromatic nitrogens is 1. The van der Waals surface area contributed by atoms with E-state index in [0.717, 1.165) is 20.1 Å². The van der Waals surface area contributed by atoms with Crippen LogP contribution in [0.5, 0.6) is 5.75 Å². The molecule has 0 fully saturated rings. The van der Waals surface area contributed by atoms with Crippen LogP contribution in [0, 0.1) is 3.57 Å². The summed E-state index contributed by atoms with van der Waals surface area (Å²) in [6, 6.07) is 12.3. The Kier molecular flexibility index (Phi) is 4.67. The number of hydrogen-bond acceptors (Lipinski definition) is 3. The summed E-state index contributed by atoms with van der Waals surface area (Å²) >= 11 is 4.01. The zero-order chi connectivity index (χ0) is 12.1. The van der Waals surface area contributed by atoms with Crippen LogP contribution in [0.25, 0.3) is 0 Å². The summed E-state index contributed by atoms with van der Waals surface area (Å²) in [5.41, 5.74) is 1.30. The summed E-state index contributed by atoms with van der Waals surface area (Å²) in [7, 11) is 1.68. The minimum absolute atomic E-state index is 0.885. The zero-order valence-electron chi connectivity index (χ0n) is 9.39. The standard InChI is InChI=1S/C13H12INOS/c1-16-11-7-8-15-13(12(11)14)17-9-10-5-3-2-4-6-10/h2-8H,9H2,1H3. The van der Waals surface area contributed by atoms with Gasteiger partial charge in [-0.05, 0) is 34.2 Å². The Morgan fingerprint density at radius 1 is 1.24 bits per heavy atom. The van der Waals surface area contributed by atoms with Crippen molar-refractivity contribution in [3.8, 4) is 5.75 Å². The van der Waals surface area contributed by atoms with Gasteiger partial charge in [0.25, 0.3) is 0 Å². The molecule has 0 saturated heterocycles. The molecule has 4 heteroatoms. The van der Waals surface area contributed by atoms with Crippen LogP contribution in [0.3, 0.4) is 0 Å². The highest BCUT2D eigenvalue weighted by Crippen LogP contribution is 2.30. The third-order valence-electron chi connectivity index (χ3n) is 2.26. The average molecular weight is 357 g/mol. The van der Waals surface area contributed by atoms with E-state index in [-0.39, 0.29) is 0 Å². The highest BCUT2D eigenvalue weighted by Gasteiger charge is 2.07. The van der Waals surface area contributed by atoms with Crippen LogP contribution in [0.2, 0.25) is 0 Å². The number of halogens is 1. The molecule has 1 aromatic carbocycles. The Labute approximate surface area is 119 Å². The Balaban J connectivity index is 2.09. The van der Waals surface area contributed by atoms with Gasteiger partial charge in [0.1, 0.15) is 10.8 Å². The van der Waals surface area contributed by atoms with Gasteiger partial charge in [0.15, 0.2) is 0 Å². The van der Waals surface area contributed by atoms with Crippen molar-refractivity contribution >= 4 is 34.4 Å². The van der Waals surface area contributed by atoms with Gasteiger partial charge < -0.3 is 4.74 Å². The third-order valence-corrected chi connectivity index (χ3v) is 4.73. The monoisotopic (exact) mass is 357 g/mol. The summed E-state index contributed by atoms with van der Waals surface area (Å²) in [5.74, 6) is 1.81. The number of thioether (sulfide) groups is 1. The molecule has 0 amide bonds. The minimum atomic E-state index is 0.885. The Hall–Kier alpha value is -0.750. The predicted octanol–water partition coefficient (Wildman–Crippen LogP) is 3.99. The molecular weight excluding hydrogens is 345 g/mol. The van der Waals surface area contributed by atoms with Crippen LogP contribution in [0.1, 0.15) is 5.56 Å². The summed E-state index contributed by atoms with van der Waals surface area (Å²) < 4.78 is 6.35. The van der Waals surface area contributed by atoms with Gasteiger partial charge in [0.05, 0.1) is 10.7 Å². The SMILES string of the molecule is COc1ccnc(SCc2ccccc2)c1I. The summed E-state index contributed by atoms with van der Waals surface area (Å²) in [6.07, 6.45) is 1.79. The van der Waals surface area contributed by atoms with Gasteiger partial charge in [-0.3, -0.25) is 0 Å². The van der Waals surface area contributed by atoms with E-state index in [1.165, 1.54) is 5.56 Å². The Morgan fingerprint density at radius 2 is 2.00 bits per heavy atom. The third kappa shape index (κ3) is 3.35. The van der Waals surface area contributed by atoms with Crippen molar-refractivity contribution in [3.63, 3.8) is 0 Å². The fourth-order valence-electron chi connectivity index (χ4n) is 1.39. The lowest BCUT2D eigenvalue weighted by atomic mass is 10.2. The zero-order valence-corrected chi connectivity index (χ0v) is 12.4. The molecule has 0 radical (unpaired) electrons. The van der Waals surface area contributed by atoms with Gasteiger partial charge in [-0.25, -0.2) is 4.98 Å². The molecule has 0 aliphatic carbocycles. The Bertz CT molecular complexity index is 490. The van der Waals surface area contributed by atoms with E-state index in [4.69, 9.17) is 4.74 Å². The first-order chi connectivity index (χ1) is 8.31. The lowest BCUT2D eigenvalue weighted by Gasteiger charge is -2.07. The van der Waals surface area contributed by atoms with Crippen LogP contribution < -0.4 is 4.74 Å². The number of hydrogen-bond donors (Lipinski definition) is 0. The highest BCUT2D eigenvalue weighted by atomic mass is 127. The summed E-state index contributed by atoms with van der Waals surface area (Å²) in [4.78, 5) is 4.38. The van der Waals surface area contributed by atoms with Gasteiger partial charge >= 0.3 is 0 Å². The fraction of sp³-hybridized carbons (Fsp3) is 0.154. The first-order valence-electron chi connectivity index (χ1n) is 5.16. The molecular formula is C13H12INOS. The summed E-state index contributed by atoms with van der Waals surface area (Å²) in [5, 5.41) is 1.02. The van der Waals surface area contributed by atoms with Crippen molar-refractivity contribution in [1.82, 2.24) is 4.98 Å². The maximum atomic E-state index is 5.28. The molecule has 0 N–H and O–H groups in total. The summed E-state index contributed by atoms with van der Waals surface area (Å²) in [6.45, 7) is 0. The van der Waals surface area contributed by atoms with Crippen LogP contribution in [0.15, 0.2) is 47.6 Å². The second-order valence-corrected chi connectivity index (χ2v) is 5.45. The van der Waals surface area contributed by atoms with E-state index in [2.05, 4.69) is 51.8 Å². The molecule has 2 rings (SSSR count). The van der Waals surface area contributed by atoms with Gasteiger partial charge in [0.2, 0.25) is 0 Å². The predicted molar refractivity (Wildman–Crippen MR) is 79.5 cm³/mol. The molecule has 0 unspecified atom stereocenters. The number of pyridine rings is 1. The number of methoxy groups -OCH3 is 1. The second-order valence-electron chi connectivity index (χ2n) is 3.41. The van der Waals surface area contributed by atoms with E-state index in [0.29, 0.717) is 0 Å². The Morgan fingerprint density at radius 3 is 2.71 bits per heavy atom. The molecule has 2 aromatic rings. The van der Waals surface area contributed by atoms with Crippen molar-refractivity contribution in [3.05, 3.63) is 51.7 Å². The van der Waals surface area contributed by atoms with Gasteiger partial charge in [-0.2, -0.15) is 0 Å². The molecule has 1 heterocycles. The van der Waals surface area contributed by atoms with Crippen LogP contribution in [0.4, 0.5) is 0 Å². The van der Waals surface area contributed by atoms with Crippen molar-refractivity contribution in [1.29, 1.82) is 0 Å². The molecule has 0 spiro atoms. The van der Waals surface area contributed by atoms with Crippen molar-refractivity contribution in [2.24, 2.45) is 0 Å². The first kappa shape index (κ1) is 12.7. The quantitative estimate of drug-likeness (QED) is 0.610. The van der Waals surface area contributed by atoms with Crippen LogP contribution >= 0.6 is 34.4 Å². The largest absolute Gasteiger partial charge is 0.495 e. The highest BCUT2D eigenvalue weighted by molar-refractivity contribution is 14.1. The topological polar surface area (TPSA) is 22.1 Å². The molecule has 0 saturated carbocycles. The van der Waals surface area contributed by atoms with E-state index in [1.807, 2.05) is 12.1 Å². The number of rotatable bonds is 4. The van der Waals surface area contributed by atoms with E-state index in [9.17, 15) is 0 Å². The van der Waals surface area contributed by atoms with E-state index >= 15 is 0 Å². The van der Waals surface area contributed by atoms with Gasteiger partial charge in [-0.15, -0.1) is 11.8 Å². The second kappa shape index (κ2) is 6.26. The van der Waals surface area contributed by atoms with Gasteiger partial charge in [-0.1, -0.05) is 30.3 Å². The van der Waals surface area contributed by atoms with Crippen LogP contribution in [-0.2, 0) is 5.75 Å². The minimum Gasteiger partial charge on any atom is -0.495 e. The molecule has 0 aliphatic rings. The molecule has 2 nitrogen and oxygen atoms in total. The molecule has 1 aromatic heterocycles. The van der Waals surface area contributed by atoms with E-state index in [1.54, 1.807) is 25.1 Å². The molecule has 17 heavy (non-hydrogen) atoms. The normalized spacial score (nSPS) is 10.2. The lowest BCUT2D eigenvalue weighted by molar-refractivity contribution is 0.409. The molecule has 0 bridgehead atoms. The molecule has 0 aliphatic heterocycles. The number of ether oxygens (including phenoxy) is 1. The van der Waals surface area contributed by atoms with Crippen molar-refractivity contribution < 1.29 is 4.74 Å². The maximum Gasteiger partial charge on any atom is 0.136 e. The smallest absolute Gasteiger partial charge is 0.136 e. The molecule has 88 valence electrons. The van der Waals surface area contributed by atoms with E-state index < -0.39 is 0 Å². The molecule has 0 atom stereocenters. The van der Waals surface area contributed by atoms with Crippen molar-refractivity contribution in [2.75, 3.05) is 7.11 Å². The number of nitrogens with zero attached hydrogens (tertiary/aromatic N) is 1. The van der Waals surface area contributed by atoms with Crippen molar-refractivity contribution in [2.45, 2.75) is 10.8 Å². The average Bonchev–Trinajstić information content (AvgIpc) is 2.39. The maximum absolute atomic E-state index is 5.28. The lowest BCUT2D eigenvalue weighted by Crippen LogP contribution is -1.92.